The summed E-state index contributed by atoms with van der Waals surface area (Å²) in [6, 6.07) is 6.71. The standard InChI is InChI=1S/C12H17N3O2S/c13-12(14)10-7-3-4-8-11(10)15-18(16,17)9-5-1-2-6-9/h3-4,7-9,15H,1-2,5-6H2,(H3,13,14). The van der Waals surface area contributed by atoms with Crippen LogP contribution in [0.1, 0.15) is 31.2 Å². The number of hydrogen-bond acceptors (Lipinski definition) is 3. The van der Waals surface area contributed by atoms with Gasteiger partial charge >= 0.3 is 0 Å². The van der Waals surface area contributed by atoms with Gasteiger partial charge in [0.15, 0.2) is 0 Å². The molecular weight excluding hydrogens is 250 g/mol. The van der Waals surface area contributed by atoms with Gasteiger partial charge in [-0.25, -0.2) is 8.42 Å². The lowest BCUT2D eigenvalue weighted by Gasteiger charge is -2.15. The first-order valence-corrected chi connectivity index (χ1v) is 7.50. The Bertz CT molecular complexity index is 548. The van der Waals surface area contributed by atoms with Crippen LogP contribution in [-0.4, -0.2) is 19.5 Å². The van der Waals surface area contributed by atoms with Gasteiger partial charge in [-0.15, -0.1) is 0 Å². The van der Waals surface area contributed by atoms with Gasteiger partial charge in [-0.05, 0) is 25.0 Å². The Labute approximate surface area is 107 Å². The zero-order valence-corrected chi connectivity index (χ0v) is 10.8. The van der Waals surface area contributed by atoms with Crippen LogP contribution in [-0.2, 0) is 10.0 Å². The highest BCUT2D eigenvalue weighted by Gasteiger charge is 2.29. The molecule has 0 saturated heterocycles. The zero-order chi connectivity index (χ0) is 13.2. The van der Waals surface area contributed by atoms with Gasteiger partial charge in [0, 0.05) is 5.56 Å². The molecule has 0 aromatic heterocycles. The molecule has 0 atom stereocenters. The molecule has 0 aliphatic heterocycles. The molecule has 4 N–H and O–H groups in total. The fourth-order valence-electron chi connectivity index (χ4n) is 2.24. The first-order chi connectivity index (χ1) is 8.50. The molecule has 0 heterocycles. The quantitative estimate of drug-likeness (QED) is 0.571. The highest BCUT2D eigenvalue weighted by molar-refractivity contribution is 7.93. The van der Waals surface area contributed by atoms with Crippen LogP contribution in [0.3, 0.4) is 0 Å². The van der Waals surface area contributed by atoms with Crippen molar-refractivity contribution in [3.63, 3.8) is 0 Å². The minimum Gasteiger partial charge on any atom is -0.384 e. The van der Waals surface area contributed by atoms with Crippen LogP contribution in [0.2, 0.25) is 0 Å². The second-order valence-corrected chi connectivity index (χ2v) is 6.47. The summed E-state index contributed by atoms with van der Waals surface area (Å²) in [4.78, 5) is 0. The van der Waals surface area contributed by atoms with Gasteiger partial charge in [0.2, 0.25) is 10.0 Å². The molecule has 18 heavy (non-hydrogen) atoms. The van der Waals surface area contributed by atoms with Crippen molar-refractivity contribution in [2.24, 2.45) is 5.73 Å². The Hall–Kier alpha value is -1.56. The fraction of sp³-hybridized carbons (Fsp3) is 0.417. The molecular formula is C12H17N3O2S. The van der Waals surface area contributed by atoms with Crippen LogP contribution in [0.25, 0.3) is 0 Å². The molecule has 98 valence electrons. The number of benzene rings is 1. The predicted octanol–water partition coefficient (Wildman–Crippen LogP) is 1.65. The SMILES string of the molecule is N=C(N)c1ccccc1NS(=O)(=O)C1CCCC1. The summed E-state index contributed by atoms with van der Waals surface area (Å²) in [5.74, 6) is -0.139. The molecule has 1 saturated carbocycles. The summed E-state index contributed by atoms with van der Waals surface area (Å²) in [5, 5.41) is 7.11. The van der Waals surface area contributed by atoms with E-state index >= 15 is 0 Å². The lowest BCUT2D eigenvalue weighted by Crippen LogP contribution is -2.26. The summed E-state index contributed by atoms with van der Waals surface area (Å²) in [6.07, 6.45) is 3.33. The molecule has 2 rings (SSSR count). The first-order valence-electron chi connectivity index (χ1n) is 5.96. The number of hydrogen-bond donors (Lipinski definition) is 3. The highest BCUT2D eigenvalue weighted by atomic mass is 32.2. The minimum absolute atomic E-state index is 0.139. The van der Waals surface area contributed by atoms with E-state index in [2.05, 4.69) is 4.72 Å². The van der Waals surface area contributed by atoms with Gasteiger partial charge in [-0.1, -0.05) is 25.0 Å². The predicted molar refractivity (Wildman–Crippen MR) is 72.3 cm³/mol. The van der Waals surface area contributed by atoms with Crippen LogP contribution < -0.4 is 10.5 Å². The summed E-state index contributed by atoms with van der Waals surface area (Å²) in [7, 11) is -3.37. The molecule has 5 nitrogen and oxygen atoms in total. The molecule has 1 aliphatic rings. The molecule has 0 unspecified atom stereocenters. The molecule has 1 fully saturated rings. The molecule has 1 aromatic rings. The topological polar surface area (TPSA) is 96.0 Å². The van der Waals surface area contributed by atoms with Crippen molar-refractivity contribution >= 4 is 21.5 Å². The van der Waals surface area contributed by atoms with E-state index in [4.69, 9.17) is 11.1 Å². The van der Waals surface area contributed by atoms with Crippen LogP contribution in [0.5, 0.6) is 0 Å². The van der Waals surface area contributed by atoms with E-state index in [1.165, 1.54) is 0 Å². The number of sulfonamides is 1. The van der Waals surface area contributed by atoms with Gasteiger partial charge in [0.1, 0.15) is 5.84 Å². The number of para-hydroxylation sites is 1. The van der Waals surface area contributed by atoms with E-state index in [1.54, 1.807) is 24.3 Å². The lowest BCUT2D eigenvalue weighted by atomic mass is 10.2. The summed E-state index contributed by atoms with van der Waals surface area (Å²) in [6.45, 7) is 0. The van der Waals surface area contributed by atoms with Crippen molar-refractivity contribution in [2.75, 3.05) is 4.72 Å². The number of nitrogen functional groups attached to an aromatic ring is 1. The van der Waals surface area contributed by atoms with E-state index in [1.807, 2.05) is 0 Å². The largest absolute Gasteiger partial charge is 0.384 e. The van der Waals surface area contributed by atoms with Gasteiger partial charge in [0.05, 0.1) is 10.9 Å². The average molecular weight is 267 g/mol. The highest BCUT2D eigenvalue weighted by Crippen LogP contribution is 2.27. The maximum atomic E-state index is 12.2. The summed E-state index contributed by atoms with van der Waals surface area (Å²) >= 11 is 0. The van der Waals surface area contributed by atoms with Gasteiger partial charge < -0.3 is 5.73 Å². The second kappa shape index (κ2) is 4.97. The van der Waals surface area contributed by atoms with Crippen molar-refractivity contribution in [3.05, 3.63) is 29.8 Å². The van der Waals surface area contributed by atoms with E-state index < -0.39 is 10.0 Å². The molecule has 6 heteroatoms. The number of nitrogens with one attached hydrogen (secondary N) is 2. The molecule has 0 radical (unpaired) electrons. The van der Waals surface area contributed by atoms with Crippen LogP contribution in [0.15, 0.2) is 24.3 Å². The molecule has 1 aromatic carbocycles. The fourth-order valence-corrected chi connectivity index (χ4v) is 3.85. The second-order valence-electron chi connectivity index (χ2n) is 4.51. The first kappa shape index (κ1) is 12.9. The third-order valence-corrected chi connectivity index (χ3v) is 5.06. The number of rotatable bonds is 4. The van der Waals surface area contributed by atoms with Crippen LogP contribution in [0, 0.1) is 5.41 Å². The number of nitrogens with two attached hydrogens (primary N) is 1. The Morgan fingerprint density at radius 1 is 1.28 bits per heavy atom. The third-order valence-electron chi connectivity index (χ3n) is 3.21. The summed E-state index contributed by atoms with van der Waals surface area (Å²) < 4.78 is 26.9. The van der Waals surface area contributed by atoms with Gasteiger partial charge in [-0.3, -0.25) is 10.1 Å². The van der Waals surface area contributed by atoms with Crippen molar-refractivity contribution in [2.45, 2.75) is 30.9 Å². The van der Waals surface area contributed by atoms with E-state index in [0.717, 1.165) is 12.8 Å². The van der Waals surface area contributed by atoms with Crippen molar-refractivity contribution < 1.29 is 8.42 Å². The Morgan fingerprint density at radius 2 is 1.89 bits per heavy atom. The van der Waals surface area contributed by atoms with Gasteiger partial charge in [-0.2, -0.15) is 0 Å². The maximum absolute atomic E-state index is 12.2. The van der Waals surface area contributed by atoms with Crippen LogP contribution >= 0.6 is 0 Å². The number of anilines is 1. The maximum Gasteiger partial charge on any atom is 0.235 e. The average Bonchev–Trinajstić information content (AvgIpc) is 2.83. The molecule has 0 amide bonds. The Morgan fingerprint density at radius 3 is 2.50 bits per heavy atom. The van der Waals surface area contributed by atoms with Crippen LogP contribution in [0.4, 0.5) is 5.69 Å². The van der Waals surface area contributed by atoms with E-state index in [0.29, 0.717) is 24.1 Å². The third kappa shape index (κ3) is 2.64. The smallest absolute Gasteiger partial charge is 0.235 e. The number of amidine groups is 1. The van der Waals surface area contributed by atoms with Crippen molar-refractivity contribution in [1.29, 1.82) is 5.41 Å². The Balaban J connectivity index is 2.26. The van der Waals surface area contributed by atoms with Crippen molar-refractivity contribution in [1.82, 2.24) is 0 Å². The monoisotopic (exact) mass is 267 g/mol. The van der Waals surface area contributed by atoms with Gasteiger partial charge in [0.25, 0.3) is 0 Å². The summed E-state index contributed by atoms with van der Waals surface area (Å²) in [5.41, 5.74) is 6.24. The normalized spacial score (nSPS) is 16.7. The van der Waals surface area contributed by atoms with Crippen molar-refractivity contribution in [3.8, 4) is 0 Å². The molecule has 1 aliphatic carbocycles. The van der Waals surface area contributed by atoms with E-state index in [9.17, 15) is 8.42 Å². The molecule has 0 spiro atoms. The lowest BCUT2D eigenvalue weighted by molar-refractivity contribution is 0.585. The molecule has 0 bridgehead atoms. The Kier molecular flexibility index (Phi) is 3.56. The zero-order valence-electron chi connectivity index (χ0n) is 10.0. The minimum atomic E-state index is -3.37. The van der Waals surface area contributed by atoms with E-state index in [-0.39, 0.29) is 11.1 Å².